The number of nitrogens with zero attached hydrogens (tertiary/aromatic N) is 2. The Morgan fingerprint density at radius 3 is 2.53 bits per heavy atom. The van der Waals surface area contributed by atoms with Crippen LogP contribution in [0.15, 0.2) is 0 Å². The van der Waals surface area contributed by atoms with E-state index in [0.717, 1.165) is 6.42 Å². The molecule has 6 heteroatoms. The lowest BCUT2D eigenvalue weighted by Gasteiger charge is -2.26. The number of thiazole rings is 1. The lowest BCUT2D eigenvalue weighted by Crippen LogP contribution is -2.41. The van der Waals surface area contributed by atoms with Crippen LogP contribution in [0.1, 0.15) is 35.6 Å². The van der Waals surface area contributed by atoms with E-state index in [1.54, 1.807) is 6.92 Å². The second-order valence-electron chi connectivity index (χ2n) is 5.42. The first kappa shape index (κ1) is 15.9. The van der Waals surface area contributed by atoms with Crippen molar-refractivity contribution in [3.05, 3.63) is 10.6 Å². The molecule has 0 saturated heterocycles. The monoisotopic (exact) mass is 284 g/mol. The van der Waals surface area contributed by atoms with Gasteiger partial charge in [-0.1, -0.05) is 25.2 Å². The standard InChI is InChI=1S/C13H24N4OS/c1-8(2)6-10(17(4)5)7-15-12(18)11-9(3)16-13(14)19-11/h8,10H,6-7H2,1-5H3,(H2,14,16)(H,15,18). The Hall–Kier alpha value is -1.14. The van der Waals surface area contributed by atoms with Gasteiger partial charge in [-0.3, -0.25) is 4.79 Å². The SMILES string of the molecule is Cc1nc(N)sc1C(=O)NCC(CC(C)C)N(C)C. The first-order valence-corrected chi connectivity index (χ1v) is 7.30. The number of nitrogens with two attached hydrogens (primary N) is 1. The molecule has 0 radical (unpaired) electrons. The van der Waals surface area contributed by atoms with Gasteiger partial charge in [0.15, 0.2) is 5.13 Å². The van der Waals surface area contributed by atoms with Crippen molar-refractivity contribution in [2.24, 2.45) is 5.92 Å². The van der Waals surface area contributed by atoms with E-state index < -0.39 is 0 Å². The average Bonchev–Trinajstić information content (AvgIpc) is 2.62. The van der Waals surface area contributed by atoms with Crippen LogP contribution in [0.4, 0.5) is 5.13 Å². The van der Waals surface area contributed by atoms with Gasteiger partial charge in [-0.25, -0.2) is 4.98 Å². The Morgan fingerprint density at radius 2 is 2.11 bits per heavy atom. The molecule has 3 N–H and O–H groups in total. The van der Waals surface area contributed by atoms with Crippen LogP contribution in [0, 0.1) is 12.8 Å². The van der Waals surface area contributed by atoms with Gasteiger partial charge in [0.2, 0.25) is 0 Å². The molecule has 1 atom stereocenters. The summed E-state index contributed by atoms with van der Waals surface area (Å²) in [5, 5.41) is 3.41. The molecule has 1 amide bonds. The van der Waals surface area contributed by atoms with Crippen molar-refractivity contribution in [1.29, 1.82) is 0 Å². The maximum Gasteiger partial charge on any atom is 0.263 e. The predicted octanol–water partition coefficient (Wildman–Crippen LogP) is 1.74. The van der Waals surface area contributed by atoms with Crippen LogP contribution in [0.5, 0.6) is 0 Å². The molecule has 1 rings (SSSR count). The third-order valence-corrected chi connectivity index (χ3v) is 3.98. The van der Waals surface area contributed by atoms with Crippen LogP contribution in [0.25, 0.3) is 0 Å². The third-order valence-electron chi connectivity index (χ3n) is 2.99. The molecule has 1 aromatic heterocycles. The minimum absolute atomic E-state index is 0.0812. The molecule has 0 aliphatic carbocycles. The van der Waals surface area contributed by atoms with E-state index >= 15 is 0 Å². The largest absolute Gasteiger partial charge is 0.375 e. The van der Waals surface area contributed by atoms with Gasteiger partial charge in [-0.05, 0) is 33.4 Å². The van der Waals surface area contributed by atoms with Crippen molar-refractivity contribution in [2.75, 3.05) is 26.4 Å². The third kappa shape index (κ3) is 4.80. The molecule has 5 nitrogen and oxygen atoms in total. The summed E-state index contributed by atoms with van der Waals surface area (Å²) in [6.07, 6.45) is 1.05. The normalized spacial score (nSPS) is 13.0. The Kier molecular flexibility index (Phi) is 5.75. The molecule has 1 aromatic rings. The Morgan fingerprint density at radius 1 is 1.47 bits per heavy atom. The second-order valence-corrected chi connectivity index (χ2v) is 6.45. The predicted molar refractivity (Wildman–Crippen MR) is 80.5 cm³/mol. The zero-order chi connectivity index (χ0) is 14.6. The fourth-order valence-electron chi connectivity index (χ4n) is 1.94. The van der Waals surface area contributed by atoms with Gasteiger partial charge < -0.3 is 16.0 Å². The fraction of sp³-hybridized carbons (Fsp3) is 0.692. The first-order valence-electron chi connectivity index (χ1n) is 6.48. The average molecular weight is 284 g/mol. The zero-order valence-electron chi connectivity index (χ0n) is 12.4. The number of hydrogen-bond acceptors (Lipinski definition) is 5. The van der Waals surface area contributed by atoms with Gasteiger partial charge in [0, 0.05) is 12.6 Å². The van der Waals surface area contributed by atoms with E-state index in [9.17, 15) is 4.79 Å². The number of anilines is 1. The summed E-state index contributed by atoms with van der Waals surface area (Å²) in [6, 6.07) is 0.342. The number of aryl methyl sites for hydroxylation is 1. The van der Waals surface area contributed by atoms with Crippen LogP contribution in [0.2, 0.25) is 0 Å². The second kappa shape index (κ2) is 6.86. The van der Waals surface area contributed by atoms with Gasteiger partial charge in [0.05, 0.1) is 5.69 Å². The maximum atomic E-state index is 12.1. The summed E-state index contributed by atoms with van der Waals surface area (Å²) in [6.45, 7) is 6.82. The summed E-state index contributed by atoms with van der Waals surface area (Å²) in [5.41, 5.74) is 6.31. The zero-order valence-corrected chi connectivity index (χ0v) is 13.2. The van der Waals surface area contributed by atoms with E-state index in [1.807, 2.05) is 14.1 Å². The smallest absolute Gasteiger partial charge is 0.263 e. The number of carbonyl (C=O) groups is 1. The molecule has 0 aliphatic rings. The lowest BCUT2D eigenvalue weighted by atomic mass is 10.0. The summed E-state index contributed by atoms with van der Waals surface area (Å²) < 4.78 is 0. The summed E-state index contributed by atoms with van der Waals surface area (Å²) in [4.78, 5) is 18.9. The van der Waals surface area contributed by atoms with Crippen LogP contribution in [-0.2, 0) is 0 Å². The Balaban J connectivity index is 2.59. The molecule has 0 spiro atoms. The van der Waals surface area contributed by atoms with Crippen molar-refractivity contribution in [3.8, 4) is 0 Å². The molecule has 0 aromatic carbocycles. The molecule has 0 saturated carbocycles. The van der Waals surface area contributed by atoms with Crippen LogP contribution >= 0.6 is 11.3 Å². The molecular weight excluding hydrogens is 260 g/mol. The molecular formula is C13H24N4OS. The minimum atomic E-state index is -0.0812. The van der Waals surface area contributed by atoms with Gasteiger partial charge in [0.25, 0.3) is 5.91 Å². The van der Waals surface area contributed by atoms with Crippen molar-refractivity contribution >= 4 is 22.4 Å². The van der Waals surface area contributed by atoms with Crippen LogP contribution < -0.4 is 11.1 Å². The van der Waals surface area contributed by atoms with Crippen molar-refractivity contribution < 1.29 is 4.79 Å². The highest BCUT2D eigenvalue weighted by atomic mass is 32.1. The quantitative estimate of drug-likeness (QED) is 0.834. The highest BCUT2D eigenvalue weighted by Gasteiger charge is 2.18. The van der Waals surface area contributed by atoms with Crippen LogP contribution in [-0.4, -0.2) is 42.5 Å². The number of rotatable bonds is 6. The number of likely N-dealkylation sites (N-methyl/N-ethyl adjacent to an activating group) is 1. The molecule has 0 aliphatic heterocycles. The topological polar surface area (TPSA) is 71.2 Å². The van der Waals surface area contributed by atoms with Crippen molar-refractivity contribution in [1.82, 2.24) is 15.2 Å². The minimum Gasteiger partial charge on any atom is -0.375 e. The van der Waals surface area contributed by atoms with Crippen LogP contribution in [0.3, 0.4) is 0 Å². The molecule has 0 bridgehead atoms. The van der Waals surface area contributed by atoms with Gasteiger partial charge >= 0.3 is 0 Å². The summed E-state index contributed by atoms with van der Waals surface area (Å²) in [7, 11) is 4.07. The highest BCUT2D eigenvalue weighted by Crippen LogP contribution is 2.19. The van der Waals surface area contributed by atoms with Gasteiger partial charge in [0.1, 0.15) is 4.88 Å². The van der Waals surface area contributed by atoms with Gasteiger partial charge in [-0.2, -0.15) is 0 Å². The molecule has 0 fully saturated rings. The number of hydrogen-bond donors (Lipinski definition) is 2. The van der Waals surface area contributed by atoms with E-state index in [0.29, 0.717) is 34.2 Å². The molecule has 108 valence electrons. The van der Waals surface area contributed by atoms with E-state index in [1.165, 1.54) is 11.3 Å². The fourth-order valence-corrected chi connectivity index (χ4v) is 2.69. The maximum absolute atomic E-state index is 12.1. The number of nitrogen functional groups attached to an aromatic ring is 1. The molecule has 1 heterocycles. The number of carbonyl (C=O) groups excluding carboxylic acids is 1. The summed E-state index contributed by atoms with van der Waals surface area (Å²) >= 11 is 1.24. The molecule has 1 unspecified atom stereocenters. The Bertz CT molecular complexity index is 428. The highest BCUT2D eigenvalue weighted by molar-refractivity contribution is 7.17. The van der Waals surface area contributed by atoms with Crippen molar-refractivity contribution in [2.45, 2.75) is 33.2 Å². The first-order chi connectivity index (χ1) is 8.81. The van der Waals surface area contributed by atoms with Crippen molar-refractivity contribution in [3.63, 3.8) is 0 Å². The number of amides is 1. The number of nitrogens with one attached hydrogen (secondary N) is 1. The van der Waals surface area contributed by atoms with E-state index in [2.05, 4.69) is 29.0 Å². The van der Waals surface area contributed by atoms with Gasteiger partial charge in [-0.15, -0.1) is 0 Å². The van der Waals surface area contributed by atoms with E-state index in [4.69, 9.17) is 5.73 Å². The summed E-state index contributed by atoms with van der Waals surface area (Å²) in [5.74, 6) is 0.521. The molecule has 19 heavy (non-hydrogen) atoms. The Labute approximate surface area is 119 Å². The van der Waals surface area contributed by atoms with E-state index in [-0.39, 0.29) is 5.91 Å². The number of aromatic nitrogens is 1. The lowest BCUT2D eigenvalue weighted by molar-refractivity contribution is 0.0942.